The van der Waals surface area contributed by atoms with Crippen molar-refractivity contribution in [2.24, 2.45) is 0 Å². The summed E-state index contributed by atoms with van der Waals surface area (Å²) in [5, 5.41) is 25.4. The molecule has 0 fully saturated rings. The lowest BCUT2D eigenvalue weighted by atomic mass is 10.2. The molecule has 0 saturated carbocycles. The number of hydrogen-bond acceptors (Lipinski definition) is 3. The first kappa shape index (κ1) is 10.1. The van der Waals surface area contributed by atoms with Crippen molar-refractivity contribution in [1.29, 1.82) is 0 Å². The second-order valence-corrected chi connectivity index (χ2v) is 2.13. The lowest BCUT2D eigenvalue weighted by Gasteiger charge is -2.01. The quantitative estimate of drug-likeness (QED) is 0.485. The molecule has 0 aromatic rings. The van der Waals surface area contributed by atoms with Crippen molar-refractivity contribution in [3.8, 4) is 0 Å². The minimum absolute atomic E-state index is 0.0119. The third-order valence-corrected chi connectivity index (χ3v) is 1.12. The highest BCUT2D eigenvalue weighted by Gasteiger charge is 1.98. The maximum Gasteiger partial charge on any atom is 0.328 e. The van der Waals surface area contributed by atoms with E-state index in [-0.39, 0.29) is 6.61 Å². The summed E-state index contributed by atoms with van der Waals surface area (Å²) in [5.74, 6) is -1.08. The maximum absolute atomic E-state index is 9.93. The van der Waals surface area contributed by atoms with Gasteiger partial charge in [0.05, 0.1) is 6.10 Å². The van der Waals surface area contributed by atoms with Crippen LogP contribution in [-0.2, 0) is 4.79 Å². The Hall–Kier alpha value is -0.870. The zero-order valence-electron chi connectivity index (χ0n) is 6.10. The van der Waals surface area contributed by atoms with E-state index in [9.17, 15) is 4.79 Å². The zero-order chi connectivity index (χ0) is 8.69. The van der Waals surface area contributed by atoms with E-state index < -0.39 is 12.1 Å². The van der Waals surface area contributed by atoms with Gasteiger partial charge in [0.2, 0.25) is 0 Å². The van der Waals surface area contributed by atoms with Gasteiger partial charge in [-0.25, -0.2) is 4.79 Å². The Morgan fingerprint density at radius 3 is 2.64 bits per heavy atom. The normalized spacial score (nSPS) is 13.6. The molecule has 0 amide bonds. The first-order valence-electron chi connectivity index (χ1n) is 3.37. The van der Waals surface area contributed by atoms with Crippen molar-refractivity contribution >= 4 is 5.97 Å². The molecule has 3 N–H and O–H groups in total. The van der Waals surface area contributed by atoms with Crippen LogP contribution in [0.25, 0.3) is 0 Å². The Kier molecular flexibility index (Phi) is 5.42. The predicted molar refractivity (Wildman–Crippen MR) is 39.1 cm³/mol. The summed E-state index contributed by atoms with van der Waals surface area (Å²) in [6.07, 6.45) is 2.18. The van der Waals surface area contributed by atoms with Gasteiger partial charge < -0.3 is 15.3 Å². The zero-order valence-corrected chi connectivity index (χ0v) is 6.10. The van der Waals surface area contributed by atoms with E-state index in [4.69, 9.17) is 15.3 Å². The van der Waals surface area contributed by atoms with Crippen LogP contribution in [0.2, 0.25) is 0 Å². The Morgan fingerprint density at radius 1 is 1.55 bits per heavy atom. The lowest BCUT2D eigenvalue weighted by molar-refractivity contribution is -0.131. The predicted octanol–water partition coefficient (Wildman–Crippen LogP) is -0.239. The van der Waals surface area contributed by atoms with Gasteiger partial charge in [-0.1, -0.05) is 0 Å². The molecule has 0 rings (SSSR count). The topological polar surface area (TPSA) is 77.8 Å². The molecule has 11 heavy (non-hydrogen) atoms. The van der Waals surface area contributed by atoms with Gasteiger partial charge in [-0.2, -0.15) is 0 Å². The van der Waals surface area contributed by atoms with Gasteiger partial charge in [0.1, 0.15) is 0 Å². The molecule has 0 saturated heterocycles. The van der Waals surface area contributed by atoms with Crippen LogP contribution in [0, 0.1) is 0 Å². The highest BCUT2D eigenvalue weighted by Crippen LogP contribution is 1.97. The minimum atomic E-state index is -1.08. The Bertz CT molecular complexity index is 141. The van der Waals surface area contributed by atoms with E-state index in [1.807, 2.05) is 0 Å². The fourth-order valence-electron chi connectivity index (χ4n) is 0.590. The summed E-state index contributed by atoms with van der Waals surface area (Å²) < 4.78 is 0. The smallest absolute Gasteiger partial charge is 0.328 e. The molecular weight excluding hydrogens is 148 g/mol. The fourth-order valence-corrected chi connectivity index (χ4v) is 0.590. The van der Waals surface area contributed by atoms with Crippen molar-refractivity contribution in [3.63, 3.8) is 0 Å². The molecule has 1 unspecified atom stereocenters. The number of aliphatic hydroxyl groups is 2. The summed E-state index contributed by atoms with van der Waals surface area (Å²) >= 11 is 0. The summed E-state index contributed by atoms with van der Waals surface area (Å²) in [6.45, 7) is 0.0119. The summed E-state index contributed by atoms with van der Waals surface area (Å²) in [7, 11) is 0. The standard InChI is InChI=1S/C7H12O4/c8-5-1-2-6(9)3-4-7(10)11/h3-4,6,8-9H,1-2,5H2,(H,10,11). The molecule has 0 aliphatic heterocycles. The largest absolute Gasteiger partial charge is 0.478 e. The monoisotopic (exact) mass is 160 g/mol. The Labute approximate surface area is 64.8 Å². The highest BCUT2D eigenvalue weighted by molar-refractivity contribution is 5.79. The SMILES string of the molecule is O=C(O)C=CC(O)CCCO. The van der Waals surface area contributed by atoms with E-state index in [0.717, 1.165) is 6.08 Å². The van der Waals surface area contributed by atoms with Crippen LogP contribution in [0.15, 0.2) is 12.2 Å². The van der Waals surface area contributed by atoms with Crippen LogP contribution in [0.1, 0.15) is 12.8 Å². The number of aliphatic carboxylic acids is 1. The van der Waals surface area contributed by atoms with Crippen molar-refractivity contribution in [2.75, 3.05) is 6.61 Å². The third kappa shape index (κ3) is 7.02. The van der Waals surface area contributed by atoms with Crippen LogP contribution in [-0.4, -0.2) is 34.0 Å². The molecular formula is C7H12O4. The average Bonchev–Trinajstić information content (AvgIpc) is 1.97. The summed E-state index contributed by atoms with van der Waals surface area (Å²) in [4.78, 5) is 9.93. The van der Waals surface area contributed by atoms with Crippen molar-refractivity contribution in [2.45, 2.75) is 18.9 Å². The van der Waals surface area contributed by atoms with Gasteiger partial charge in [0.15, 0.2) is 0 Å². The van der Waals surface area contributed by atoms with Crippen LogP contribution in [0.3, 0.4) is 0 Å². The molecule has 0 aliphatic carbocycles. The number of carbonyl (C=O) groups is 1. The molecule has 4 nitrogen and oxygen atoms in total. The number of carboxylic acid groups (broad SMARTS) is 1. The van der Waals surface area contributed by atoms with Crippen LogP contribution < -0.4 is 0 Å². The molecule has 4 heteroatoms. The number of rotatable bonds is 5. The molecule has 0 aliphatic rings. The van der Waals surface area contributed by atoms with Crippen molar-refractivity contribution in [3.05, 3.63) is 12.2 Å². The molecule has 0 aromatic heterocycles. The van der Waals surface area contributed by atoms with E-state index in [1.54, 1.807) is 0 Å². The molecule has 1 atom stereocenters. The van der Waals surface area contributed by atoms with Crippen molar-refractivity contribution < 1.29 is 20.1 Å². The highest BCUT2D eigenvalue weighted by atomic mass is 16.4. The molecule has 0 heterocycles. The van der Waals surface area contributed by atoms with Gasteiger partial charge >= 0.3 is 5.97 Å². The lowest BCUT2D eigenvalue weighted by Crippen LogP contribution is -2.04. The molecule has 0 radical (unpaired) electrons. The molecule has 0 bridgehead atoms. The fraction of sp³-hybridized carbons (Fsp3) is 0.571. The van der Waals surface area contributed by atoms with Gasteiger partial charge in [-0.05, 0) is 18.9 Å². The summed E-state index contributed by atoms with van der Waals surface area (Å²) in [5.41, 5.74) is 0. The van der Waals surface area contributed by atoms with Crippen molar-refractivity contribution in [1.82, 2.24) is 0 Å². The molecule has 0 spiro atoms. The van der Waals surface area contributed by atoms with E-state index in [2.05, 4.69) is 0 Å². The van der Waals surface area contributed by atoms with Gasteiger partial charge in [-0.15, -0.1) is 0 Å². The first-order valence-corrected chi connectivity index (χ1v) is 3.37. The first-order chi connectivity index (χ1) is 5.16. The minimum Gasteiger partial charge on any atom is -0.478 e. The number of carboxylic acids is 1. The maximum atomic E-state index is 9.93. The van der Waals surface area contributed by atoms with Gasteiger partial charge in [0.25, 0.3) is 0 Å². The average molecular weight is 160 g/mol. The van der Waals surface area contributed by atoms with Crippen LogP contribution in [0.4, 0.5) is 0 Å². The Morgan fingerprint density at radius 2 is 2.18 bits per heavy atom. The van der Waals surface area contributed by atoms with E-state index in [1.165, 1.54) is 6.08 Å². The third-order valence-electron chi connectivity index (χ3n) is 1.12. The molecule has 64 valence electrons. The Balaban J connectivity index is 3.50. The van der Waals surface area contributed by atoms with E-state index in [0.29, 0.717) is 12.8 Å². The molecule has 0 aromatic carbocycles. The summed E-state index contributed by atoms with van der Waals surface area (Å²) in [6, 6.07) is 0. The number of aliphatic hydroxyl groups excluding tert-OH is 2. The second kappa shape index (κ2) is 5.88. The van der Waals surface area contributed by atoms with E-state index >= 15 is 0 Å². The van der Waals surface area contributed by atoms with Crippen LogP contribution >= 0.6 is 0 Å². The van der Waals surface area contributed by atoms with Gasteiger partial charge in [-0.3, -0.25) is 0 Å². The second-order valence-electron chi connectivity index (χ2n) is 2.13. The van der Waals surface area contributed by atoms with Crippen LogP contribution in [0.5, 0.6) is 0 Å². The van der Waals surface area contributed by atoms with Gasteiger partial charge in [0, 0.05) is 12.7 Å². The number of hydrogen-bond donors (Lipinski definition) is 3.